The SMILES string of the molecule is Cc1c(F)cc(C(=O)N(C(C)C)C(C)C)cc1Cc1ccc(-n2cccn2)cc1. The van der Waals surface area contributed by atoms with Crippen molar-refractivity contribution in [2.24, 2.45) is 0 Å². The first-order valence-electron chi connectivity index (χ1n) is 9.98. The summed E-state index contributed by atoms with van der Waals surface area (Å²) in [5, 5.41) is 4.23. The van der Waals surface area contributed by atoms with Gasteiger partial charge in [0.2, 0.25) is 0 Å². The van der Waals surface area contributed by atoms with Gasteiger partial charge < -0.3 is 4.90 Å². The van der Waals surface area contributed by atoms with Crippen LogP contribution in [-0.2, 0) is 6.42 Å². The molecule has 0 spiro atoms. The van der Waals surface area contributed by atoms with Gasteiger partial charge in [-0.05, 0) is 88.1 Å². The lowest BCUT2D eigenvalue weighted by atomic mass is 9.96. The molecule has 0 saturated heterocycles. The number of aromatic nitrogens is 2. The second-order valence-corrected chi connectivity index (χ2v) is 7.94. The fourth-order valence-corrected chi connectivity index (χ4v) is 3.67. The van der Waals surface area contributed by atoms with Crippen LogP contribution in [0.15, 0.2) is 54.9 Å². The molecular formula is C24H28FN3O. The van der Waals surface area contributed by atoms with Crippen LogP contribution >= 0.6 is 0 Å². The van der Waals surface area contributed by atoms with Crippen LogP contribution in [-0.4, -0.2) is 32.7 Å². The number of hydrogen-bond donors (Lipinski definition) is 0. The van der Waals surface area contributed by atoms with Crippen LogP contribution in [0.4, 0.5) is 4.39 Å². The molecule has 0 radical (unpaired) electrons. The van der Waals surface area contributed by atoms with Gasteiger partial charge in [0, 0.05) is 30.0 Å². The molecule has 5 heteroatoms. The van der Waals surface area contributed by atoms with Crippen molar-refractivity contribution in [3.63, 3.8) is 0 Å². The van der Waals surface area contributed by atoms with E-state index in [0.717, 1.165) is 16.8 Å². The molecule has 29 heavy (non-hydrogen) atoms. The van der Waals surface area contributed by atoms with Gasteiger partial charge in [0.05, 0.1) is 5.69 Å². The average Bonchev–Trinajstić information content (AvgIpc) is 3.20. The predicted molar refractivity (Wildman–Crippen MR) is 114 cm³/mol. The van der Waals surface area contributed by atoms with Crippen LogP contribution in [0.25, 0.3) is 5.69 Å². The monoisotopic (exact) mass is 393 g/mol. The van der Waals surface area contributed by atoms with E-state index in [1.165, 1.54) is 6.07 Å². The Morgan fingerprint density at radius 3 is 2.31 bits per heavy atom. The maximum Gasteiger partial charge on any atom is 0.254 e. The van der Waals surface area contributed by atoms with Crippen LogP contribution in [0.1, 0.15) is 54.7 Å². The molecule has 0 atom stereocenters. The summed E-state index contributed by atoms with van der Waals surface area (Å²) >= 11 is 0. The van der Waals surface area contributed by atoms with E-state index in [1.807, 2.05) is 70.3 Å². The van der Waals surface area contributed by atoms with Crippen molar-refractivity contribution in [2.75, 3.05) is 0 Å². The first kappa shape index (κ1) is 20.8. The first-order valence-corrected chi connectivity index (χ1v) is 9.98. The summed E-state index contributed by atoms with van der Waals surface area (Å²) in [6, 6.07) is 13.2. The maximum absolute atomic E-state index is 14.6. The van der Waals surface area contributed by atoms with Gasteiger partial charge in [-0.1, -0.05) is 12.1 Å². The smallest absolute Gasteiger partial charge is 0.254 e. The van der Waals surface area contributed by atoms with Crippen molar-refractivity contribution in [2.45, 2.75) is 53.1 Å². The summed E-state index contributed by atoms with van der Waals surface area (Å²) in [4.78, 5) is 14.8. The largest absolute Gasteiger partial charge is 0.334 e. The molecule has 0 aliphatic carbocycles. The summed E-state index contributed by atoms with van der Waals surface area (Å²) < 4.78 is 16.4. The van der Waals surface area contributed by atoms with Gasteiger partial charge in [-0.2, -0.15) is 5.10 Å². The Morgan fingerprint density at radius 1 is 1.10 bits per heavy atom. The van der Waals surface area contributed by atoms with Gasteiger partial charge in [0.15, 0.2) is 0 Å². The summed E-state index contributed by atoms with van der Waals surface area (Å²) in [7, 11) is 0. The van der Waals surface area contributed by atoms with E-state index in [-0.39, 0.29) is 23.8 Å². The molecule has 1 heterocycles. The minimum atomic E-state index is -0.341. The van der Waals surface area contributed by atoms with Crippen molar-refractivity contribution in [1.29, 1.82) is 0 Å². The van der Waals surface area contributed by atoms with Crippen molar-refractivity contribution >= 4 is 5.91 Å². The maximum atomic E-state index is 14.6. The molecule has 3 rings (SSSR count). The summed E-state index contributed by atoms with van der Waals surface area (Å²) in [6.45, 7) is 9.67. The Hall–Kier alpha value is -2.95. The molecule has 0 aliphatic rings. The number of benzene rings is 2. The molecule has 1 amide bonds. The first-order chi connectivity index (χ1) is 13.8. The highest BCUT2D eigenvalue weighted by Crippen LogP contribution is 2.22. The molecule has 0 fully saturated rings. The Balaban J connectivity index is 1.89. The van der Waals surface area contributed by atoms with Crippen LogP contribution in [0, 0.1) is 12.7 Å². The van der Waals surface area contributed by atoms with E-state index in [0.29, 0.717) is 17.5 Å². The zero-order chi connectivity index (χ0) is 21.1. The van der Waals surface area contributed by atoms with E-state index in [2.05, 4.69) is 5.10 Å². The predicted octanol–water partition coefficient (Wildman–Crippen LogP) is 5.17. The van der Waals surface area contributed by atoms with Crippen LogP contribution in [0.2, 0.25) is 0 Å². The third-order valence-electron chi connectivity index (χ3n) is 5.15. The molecule has 3 aromatic rings. The highest BCUT2D eigenvalue weighted by Gasteiger charge is 2.23. The molecule has 152 valence electrons. The van der Waals surface area contributed by atoms with E-state index >= 15 is 0 Å². The number of carbonyl (C=O) groups excluding carboxylic acids is 1. The average molecular weight is 394 g/mol. The van der Waals surface area contributed by atoms with E-state index in [1.54, 1.807) is 22.7 Å². The van der Waals surface area contributed by atoms with Gasteiger partial charge >= 0.3 is 0 Å². The van der Waals surface area contributed by atoms with Crippen molar-refractivity contribution in [1.82, 2.24) is 14.7 Å². The quantitative estimate of drug-likeness (QED) is 0.579. The number of carbonyl (C=O) groups is 1. The normalized spacial score (nSPS) is 11.3. The van der Waals surface area contributed by atoms with Gasteiger partial charge in [-0.25, -0.2) is 9.07 Å². The minimum Gasteiger partial charge on any atom is -0.334 e. The lowest BCUT2D eigenvalue weighted by molar-refractivity contribution is 0.0643. The van der Waals surface area contributed by atoms with Gasteiger partial charge in [-0.3, -0.25) is 4.79 Å². The number of halogens is 1. The Morgan fingerprint density at radius 2 is 1.76 bits per heavy atom. The zero-order valence-electron chi connectivity index (χ0n) is 17.7. The fraction of sp³-hybridized carbons (Fsp3) is 0.333. The molecular weight excluding hydrogens is 365 g/mol. The summed E-state index contributed by atoms with van der Waals surface area (Å²) in [5.74, 6) is -0.476. The molecule has 0 N–H and O–H groups in total. The zero-order valence-corrected chi connectivity index (χ0v) is 17.7. The molecule has 0 unspecified atom stereocenters. The molecule has 2 aromatic carbocycles. The standard InChI is InChI=1S/C24H28FN3O/c1-16(2)28(17(3)4)24(29)21-14-20(18(5)23(25)15-21)13-19-7-9-22(10-8-19)27-12-6-11-26-27/h6-12,14-17H,13H2,1-5H3. The molecule has 0 saturated carbocycles. The fourth-order valence-electron chi connectivity index (χ4n) is 3.67. The van der Waals surface area contributed by atoms with Crippen molar-refractivity contribution < 1.29 is 9.18 Å². The van der Waals surface area contributed by atoms with Crippen molar-refractivity contribution in [3.05, 3.63) is 82.9 Å². The minimum absolute atomic E-state index is 0.0464. The molecule has 0 aliphatic heterocycles. The number of nitrogens with zero attached hydrogens (tertiary/aromatic N) is 3. The van der Waals surface area contributed by atoms with Crippen LogP contribution in [0.3, 0.4) is 0 Å². The lowest BCUT2D eigenvalue weighted by Crippen LogP contribution is -2.42. The van der Waals surface area contributed by atoms with E-state index < -0.39 is 0 Å². The van der Waals surface area contributed by atoms with Gasteiger partial charge in [0.1, 0.15) is 5.82 Å². The molecule has 1 aromatic heterocycles. The Kier molecular flexibility index (Phi) is 6.16. The third-order valence-corrected chi connectivity index (χ3v) is 5.15. The molecule has 4 nitrogen and oxygen atoms in total. The number of hydrogen-bond acceptors (Lipinski definition) is 2. The highest BCUT2D eigenvalue weighted by molar-refractivity contribution is 5.95. The summed E-state index contributed by atoms with van der Waals surface area (Å²) in [6.07, 6.45) is 4.19. The third kappa shape index (κ3) is 4.56. The van der Waals surface area contributed by atoms with Crippen molar-refractivity contribution in [3.8, 4) is 5.69 Å². The number of rotatable bonds is 6. The second-order valence-electron chi connectivity index (χ2n) is 7.94. The Labute approximate surface area is 172 Å². The number of amides is 1. The van der Waals surface area contributed by atoms with Crippen LogP contribution in [0.5, 0.6) is 0 Å². The van der Waals surface area contributed by atoms with E-state index in [4.69, 9.17) is 0 Å². The highest BCUT2D eigenvalue weighted by atomic mass is 19.1. The molecule has 0 bridgehead atoms. The summed E-state index contributed by atoms with van der Waals surface area (Å²) in [5.41, 5.74) is 3.83. The van der Waals surface area contributed by atoms with E-state index in [9.17, 15) is 9.18 Å². The lowest BCUT2D eigenvalue weighted by Gasteiger charge is -2.31. The topological polar surface area (TPSA) is 38.1 Å². The van der Waals surface area contributed by atoms with Gasteiger partial charge in [-0.15, -0.1) is 0 Å². The Bertz CT molecular complexity index is 968. The van der Waals surface area contributed by atoms with Crippen LogP contribution < -0.4 is 0 Å². The van der Waals surface area contributed by atoms with Gasteiger partial charge in [0.25, 0.3) is 5.91 Å². The second kappa shape index (κ2) is 8.60.